The second kappa shape index (κ2) is 8.34. The van der Waals surface area contributed by atoms with Gasteiger partial charge in [0.2, 0.25) is 5.91 Å². The Kier molecular flexibility index (Phi) is 5.91. The first-order chi connectivity index (χ1) is 11.7. The Bertz CT molecular complexity index is 567. The molecule has 2 fully saturated rings. The van der Waals surface area contributed by atoms with Crippen LogP contribution in [0.2, 0.25) is 0 Å². The Morgan fingerprint density at radius 2 is 2.04 bits per heavy atom. The Balaban J connectivity index is 1.57. The second-order valence-corrected chi connectivity index (χ2v) is 6.83. The summed E-state index contributed by atoms with van der Waals surface area (Å²) in [5.74, 6) is 1.22. The van der Waals surface area contributed by atoms with Crippen molar-refractivity contribution in [2.45, 2.75) is 44.8 Å². The summed E-state index contributed by atoms with van der Waals surface area (Å²) in [6, 6.07) is 8.44. The van der Waals surface area contributed by atoms with Crippen LogP contribution in [0.25, 0.3) is 0 Å². The van der Waals surface area contributed by atoms with E-state index in [4.69, 9.17) is 4.74 Å². The monoisotopic (exact) mass is 328 g/mol. The van der Waals surface area contributed by atoms with Crippen molar-refractivity contribution in [1.82, 2.24) is 9.80 Å². The van der Waals surface area contributed by atoms with Crippen LogP contribution in [0, 0.1) is 0 Å². The number of rotatable bonds is 6. The fraction of sp³-hybridized carbons (Fsp3) is 0.550. The van der Waals surface area contributed by atoms with Gasteiger partial charge in [0, 0.05) is 39.1 Å². The van der Waals surface area contributed by atoms with Crippen LogP contribution in [0.15, 0.2) is 36.9 Å². The molecule has 2 aliphatic rings. The minimum Gasteiger partial charge on any atom is -0.490 e. The average Bonchev–Trinajstić information content (AvgIpc) is 3.02. The van der Waals surface area contributed by atoms with Crippen LogP contribution in [0.4, 0.5) is 0 Å². The molecule has 0 aromatic heterocycles. The summed E-state index contributed by atoms with van der Waals surface area (Å²) in [6.45, 7) is 7.77. The maximum absolute atomic E-state index is 12.1. The van der Waals surface area contributed by atoms with Crippen LogP contribution < -0.4 is 4.74 Å². The molecule has 3 rings (SSSR count). The molecule has 1 aromatic carbocycles. The van der Waals surface area contributed by atoms with Gasteiger partial charge in [-0.25, -0.2) is 0 Å². The van der Waals surface area contributed by atoms with E-state index in [-0.39, 0.29) is 5.91 Å². The highest BCUT2D eigenvalue weighted by atomic mass is 16.5. The molecule has 4 nitrogen and oxygen atoms in total. The summed E-state index contributed by atoms with van der Waals surface area (Å²) in [7, 11) is 0. The van der Waals surface area contributed by atoms with Gasteiger partial charge in [-0.3, -0.25) is 9.69 Å². The summed E-state index contributed by atoms with van der Waals surface area (Å²) in [5, 5.41) is 0. The van der Waals surface area contributed by atoms with Crippen LogP contribution >= 0.6 is 0 Å². The predicted molar refractivity (Wildman–Crippen MR) is 96.0 cm³/mol. The van der Waals surface area contributed by atoms with Crippen LogP contribution in [0.3, 0.4) is 0 Å². The average molecular weight is 328 g/mol. The zero-order valence-corrected chi connectivity index (χ0v) is 14.5. The Labute approximate surface area is 145 Å². The Morgan fingerprint density at radius 1 is 1.21 bits per heavy atom. The Hall–Kier alpha value is -1.81. The van der Waals surface area contributed by atoms with Crippen molar-refractivity contribution < 1.29 is 9.53 Å². The van der Waals surface area contributed by atoms with E-state index in [1.165, 1.54) is 31.2 Å². The van der Waals surface area contributed by atoms with Gasteiger partial charge in [-0.15, -0.1) is 6.58 Å². The first kappa shape index (κ1) is 17.0. The fourth-order valence-electron chi connectivity index (χ4n) is 3.59. The second-order valence-electron chi connectivity index (χ2n) is 6.83. The normalized spacial score (nSPS) is 20.2. The molecule has 0 spiro atoms. The van der Waals surface area contributed by atoms with Gasteiger partial charge >= 0.3 is 0 Å². The molecule has 0 N–H and O–H groups in total. The minimum atomic E-state index is 0.232. The zero-order chi connectivity index (χ0) is 16.8. The molecule has 0 bridgehead atoms. The van der Waals surface area contributed by atoms with Gasteiger partial charge in [0.05, 0.1) is 6.10 Å². The lowest BCUT2D eigenvalue weighted by Gasteiger charge is -2.21. The molecular formula is C20H28N2O2. The first-order valence-electron chi connectivity index (χ1n) is 9.11. The third-order valence-corrected chi connectivity index (χ3v) is 4.94. The lowest BCUT2D eigenvalue weighted by atomic mass is 10.2. The molecule has 0 unspecified atom stereocenters. The van der Waals surface area contributed by atoms with Crippen LogP contribution in [-0.4, -0.2) is 48.0 Å². The number of nitrogens with zero attached hydrogens (tertiary/aromatic N) is 2. The van der Waals surface area contributed by atoms with Crippen molar-refractivity contribution in [3.8, 4) is 5.75 Å². The van der Waals surface area contributed by atoms with Gasteiger partial charge < -0.3 is 9.64 Å². The van der Waals surface area contributed by atoms with Gasteiger partial charge in [0.15, 0.2) is 0 Å². The molecule has 1 amide bonds. The molecule has 1 aromatic rings. The molecule has 1 saturated heterocycles. The van der Waals surface area contributed by atoms with Gasteiger partial charge in [-0.1, -0.05) is 18.2 Å². The SMILES string of the molecule is C=CCN1CCN(Cc2cccc(OC3CCCC3)c2)CCC1=O. The van der Waals surface area contributed by atoms with Gasteiger partial charge in [0.1, 0.15) is 5.75 Å². The van der Waals surface area contributed by atoms with E-state index in [0.717, 1.165) is 31.9 Å². The molecule has 24 heavy (non-hydrogen) atoms. The van der Waals surface area contributed by atoms with Gasteiger partial charge in [-0.05, 0) is 43.4 Å². The van der Waals surface area contributed by atoms with Crippen molar-refractivity contribution in [3.05, 3.63) is 42.5 Å². The largest absolute Gasteiger partial charge is 0.490 e. The fourth-order valence-corrected chi connectivity index (χ4v) is 3.59. The van der Waals surface area contributed by atoms with Crippen molar-refractivity contribution >= 4 is 5.91 Å². The number of carbonyl (C=O) groups is 1. The zero-order valence-electron chi connectivity index (χ0n) is 14.5. The summed E-state index contributed by atoms with van der Waals surface area (Å²) in [4.78, 5) is 16.3. The number of hydrogen-bond donors (Lipinski definition) is 0. The van der Waals surface area contributed by atoms with E-state index in [9.17, 15) is 4.79 Å². The van der Waals surface area contributed by atoms with E-state index in [2.05, 4.69) is 35.7 Å². The minimum absolute atomic E-state index is 0.232. The highest BCUT2D eigenvalue weighted by Gasteiger charge is 2.20. The van der Waals surface area contributed by atoms with Crippen molar-refractivity contribution in [3.63, 3.8) is 0 Å². The summed E-state index contributed by atoms with van der Waals surface area (Å²) < 4.78 is 6.10. The quantitative estimate of drug-likeness (QED) is 0.752. The van der Waals surface area contributed by atoms with E-state index in [1.807, 2.05) is 4.90 Å². The van der Waals surface area contributed by atoms with E-state index in [0.29, 0.717) is 19.1 Å². The summed E-state index contributed by atoms with van der Waals surface area (Å²) in [6.07, 6.45) is 7.71. The molecule has 4 heteroatoms. The smallest absolute Gasteiger partial charge is 0.224 e. The van der Waals surface area contributed by atoms with Crippen LogP contribution in [0.1, 0.15) is 37.7 Å². The predicted octanol–water partition coefficient (Wildman–Crippen LogP) is 3.23. The molecular weight excluding hydrogens is 300 g/mol. The number of hydrogen-bond acceptors (Lipinski definition) is 3. The third-order valence-electron chi connectivity index (χ3n) is 4.94. The standard InChI is InChI=1S/C20H28N2O2/c1-2-11-22-14-13-21(12-10-20(22)23)16-17-6-5-9-19(15-17)24-18-7-3-4-8-18/h2,5-6,9,15,18H,1,3-4,7-8,10-14,16H2. The summed E-state index contributed by atoms with van der Waals surface area (Å²) >= 11 is 0. The highest BCUT2D eigenvalue weighted by molar-refractivity contribution is 5.76. The van der Waals surface area contributed by atoms with Crippen molar-refractivity contribution in [2.75, 3.05) is 26.2 Å². The molecule has 0 atom stereocenters. The number of carbonyl (C=O) groups excluding carboxylic acids is 1. The molecule has 0 radical (unpaired) electrons. The van der Waals surface area contributed by atoms with Crippen molar-refractivity contribution in [1.29, 1.82) is 0 Å². The number of benzene rings is 1. The molecule has 130 valence electrons. The molecule has 1 saturated carbocycles. The van der Waals surface area contributed by atoms with Gasteiger partial charge in [0.25, 0.3) is 0 Å². The maximum Gasteiger partial charge on any atom is 0.224 e. The lowest BCUT2D eigenvalue weighted by molar-refractivity contribution is -0.129. The topological polar surface area (TPSA) is 32.8 Å². The first-order valence-corrected chi connectivity index (χ1v) is 9.11. The van der Waals surface area contributed by atoms with E-state index in [1.54, 1.807) is 6.08 Å². The van der Waals surface area contributed by atoms with E-state index < -0.39 is 0 Å². The van der Waals surface area contributed by atoms with Gasteiger partial charge in [-0.2, -0.15) is 0 Å². The highest BCUT2D eigenvalue weighted by Crippen LogP contribution is 2.25. The van der Waals surface area contributed by atoms with Crippen LogP contribution in [-0.2, 0) is 11.3 Å². The number of ether oxygens (including phenoxy) is 1. The maximum atomic E-state index is 12.1. The molecule has 1 aliphatic heterocycles. The van der Waals surface area contributed by atoms with E-state index >= 15 is 0 Å². The third kappa shape index (κ3) is 4.60. The van der Waals surface area contributed by atoms with Crippen molar-refractivity contribution in [2.24, 2.45) is 0 Å². The molecule has 1 heterocycles. The van der Waals surface area contributed by atoms with Crippen LogP contribution in [0.5, 0.6) is 5.75 Å². The Morgan fingerprint density at radius 3 is 2.83 bits per heavy atom. The number of amides is 1. The molecule has 1 aliphatic carbocycles. The lowest BCUT2D eigenvalue weighted by Crippen LogP contribution is -2.33. The summed E-state index contributed by atoms with van der Waals surface area (Å²) in [5.41, 5.74) is 1.26.